The molecule has 0 saturated heterocycles. The predicted octanol–water partition coefficient (Wildman–Crippen LogP) is 4.04. The molecule has 7 nitrogen and oxygen atoms in total. The monoisotopic (exact) mass is 439 g/mol. The normalized spacial score (nSPS) is 10.7. The SMILES string of the molecule is O=C(Nc1ccc(=O)n(Cc2ccccc2Cl)c1)c1cn(-c2ccccc2Cl)nn1. The fourth-order valence-corrected chi connectivity index (χ4v) is 3.28. The van der Waals surface area contributed by atoms with Crippen molar-refractivity contribution in [2.45, 2.75) is 6.54 Å². The average Bonchev–Trinajstić information content (AvgIpc) is 3.22. The minimum atomic E-state index is -0.462. The summed E-state index contributed by atoms with van der Waals surface area (Å²) in [5.41, 5.74) is 1.75. The molecule has 0 unspecified atom stereocenters. The Morgan fingerprint density at radius 1 is 0.933 bits per heavy atom. The molecule has 4 aromatic rings. The van der Waals surface area contributed by atoms with E-state index in [-0.39, 0.29) is 17.8 Å². The maximum atomic E-state index is 12.6. The first-order valence-electron chi connectivity index (χ1n) is 8.94. The number of benzene rings is 2. The van der Waals surface area contributed by atoms with Gasteiger partial charge in [0, 0.05) is 17.3 Å². The molecular weight excluding hydrogens is 425 g/mol. The van der Waals surface area contributed by atoms with Gasteiger partial charge < -0.3 is 9.88 Å². The molecule has 1 N–H and O–H groups in total. The Kier molecular flexibility index (Phi) is 5.65. The van der Waals surface area contributed by atoms with Crippen LogP contribution in [0.4, 0.5) is 5.69 Å². The van der Waals surface area contributed by atoms with Crippen molar-refractivity contribution < 1.29 is 4.79 Å². The number of carbonyl (C=O) groups is 1. The third-order valence-electron chi connectivity index (χ3n) is 4.37. The van der Waals surface area contributed by atoms with Gasteiger partial charge in [0.05, 0.1) is 29.1 Å². The van der Waals surface area contributed by atoms with Crippen molar-refractivity contribution in [2.75, 3.05) is 5.32 Å². The van der Waals surface area contributed by atoms with Crippen molar-refractivity contribution in [2.24, 2.45) is 0 Å². The van der Waals surface area contributed by atoms with E-state index in [1.165, 1.54) is 27.6 Å². The molecule has 150 valence electrons. The zero-order valence-electron chi connectivity index (χ0n) is 15.5. The van der Waals surface area contributed by atoms with Gasteiger partial charge in [-0.15, -0.1) is 5.10 Å². The topological polar surface area (TPSA) is 81.8 Å². The van der Waals surface area contributed by atoms with E-state index in [4.69, 9.17) is 23.2 Å². The fraction of sp³-hybridized carbons (Fsp3) is 0.0476. The van der Waals surface area contributed by atoms with E-state index in [9.17, 15) is 9.59 Å². The van der Waals surface area contributed by atoms with Crippen molar-refractivity contribution in [3.05, 3.63) is 105 Å². The summed E-state index contributed by atoms with van der Waals surface area (Å²) in [7, 11) is 0. The highest BCUT2D eigenvalue weighted by atomic mass is 35.5. The lowest BCUT2D eigenvalue weighted by Gasteiger charge is -2.10. The standard InChI is InChI=1S/C21H15Cl2N5O2/c22-16-6-2-1-5-14(16)11-27-12-15(9-10-20(27)29)24-21(30)18-13-28(26-25-18)19-8-4-3-7-17(19)23/h1-10,12-13H,11H2,(H,24,30). The minimum Gasteiger partial charge on any atom is -0.319 e. The average molecular weight is 440 g/mol. The zero-order valence-corrected chi connectivity index (χ0v) is 17.0. The number of carbonyl (C=O) groups excluding carboxylic acids is 1. The molecule has 1 amide bonds. The molecule has 0 fully saturated rings. The molecule has 0 aliphatic rings. The van der Waals surface area contributed by atoms with Gasteiger partial charge in [0.15, 0.2) is 5.69 Å². The summed E-state index contributed by atoms with van der Waals surface area (Å²) in [4.78, 5) is 24.8. The molecule has 0 aliphatic carbocycles. The number of pyridine rings is 1. The second-order valence-corrected chi connectivity index (χ2v) is 7.24. The van der Waals surface area contributed by atoms with E-state index in [0.717, 1.165) is 5.56 Å². The second-order valence-electron chi connectivity index (χ2n) is 6.43. The number of hydrogen-bond donors (Lipinski definition) is 1. The van der Waals surface area contributed by atoms with Crippen LogP contribution in [0.1, 0.15) is 16.1 Å². The van der Waals surface area contributed by atoms with E-state index < -0.39 is 5.91 Å². The van der Waals surface area contributed by atoms with Crippen molar-refractivity contribution in [3.63, 3.8) is 0 Å². The summed E-state index contributed by atoms with van der Waals surface area (Å²) < 4.78 is 2.90. The molecule has 30 heavy (non-hydrogen) atoms. The van der Waals surface area contributed by atoms with Crippen molar-refractivity contribution in [1.29, 1.82) is 0 Å². The Morgan fingerprint density at radius 2 is 1.67 bits per heavy atom. The molecule has 2 aromatic heterocycles. The first kappa shape index (κ1) is 19.9. The number of halogens is 2. The number of amides is 1. The predicted molar refractivity (Wildman–Crippen MR) is 116 cm³/mol. The molecular formula is C21H15Cl2N5O2. The number of anilines is 1. The van der Waals surface area contributed by atoms with Gasteiger partial charge in [-0.3, -0.25) is 9.59 Å². The number of nitrogens with zero attached hydrogens (tertiary/aromatic N) is 4. The summed E-state index contributed by atoms with van der Waals surface area (Å²) in [6, 6.07) is 17.3. The van der Waals surface area contributed by atoms with Crippen molar-refractivity contribution >= 4 is 34.8 Å². The molecule has 0 atom stereocenters. The number of para-hydroxylation sites is 1. The van der Waals surface area contributed by atoms with Crippen LogP contribution in [0.5, 0.6) is 0 Å². The molecule has 0 saturated carbocycles. The molecule has 0 aliphatic heterocycles. The van der Waals surface area contributed by atoms with Gasteiger partial charge in [0.25, 0.3) is 11.5 Å². The van der Waals surface area contributed by atoms with Crippen LogP contribution in [0, 0.1) is 0 Å². The Labute approximate surface area is 181 Å². The first-order chi connectivity index (χ1) is 14.5. The highest BCUT2D eigenvalue weighted by molar-refractivity contribution is 6.32. The fourth-order valence-electron chi connectivity index (χ4n) is 2.86. The van der Waals surface area contributed by atoms with Gasteiger partial charge >= 0.3 is 0 Å². The van der Waals surface area contributed by atoms with Crippen LogP contribution in [-0.4, -0.2) is 25.5 Å². The Morgan fingerprint density at radius 3 is 2.43 bits per heavy atom. The highest BCUT2D eigenvalue weighted by Gasteiger charge is 2.14. The molecule has 2 heterocycles. The minimum absolute atomic E-state index is 0.110. The summed E-state index contributed by atoms with van der Waals surface area (Å²) in [6.07, 6.45) is 3.04. The quantitative estimate of drug-likeness (QED) is 0.508. The maximum Gasteiger partial charge on any atom is 0.277 e. The van der Waals surface area contributed by atoms with Gasteiger partial charge in [-0.05, 0) is 29.8 Å². The van der Waals surface area contributed by atoms with Gasteiger partial charge in [0.2, 0.25) is 0 Å². The number of hydrogen-bond acceptors (Lipinski definition) is 4. The third-order valence-corrected chi connectivity index (χ3v) is 5.05. The van der Waals surface area contributed by atoms with E-state index in [2.05, 4.69) is 15.6 Å². The lowest BCUT2D eigenvalue weighted by molar-refractivity contribution is 0.102. The van der Waals surface area contributed by atoms with E-state index in [0.29, 0.717) is 21.4 Å². The van der Waals surface area contributed by atoms with E-state index in [1.807, 2.05) is 24.3 Å². The van der Waals surface area contributed by atoms with Gasteiger partial charge in [-0.2, -0.15) is 0 Å². The van der Waals surface area contributed by atoms with Crippen LogP contribution in [-0.2, 0) is 6.54 Å². The molecule has 0 spiro atoms. The Hall–Kier alpha value is -3.42. The largest absolute Gasteiger partial charge is 0.319 e. The van der Waals surface area contributed by atoms with Crippen LogP contribution in [0.15, 0.2) is 77.9 Å². The van der Waals surface area contributed by atoms with Crippen LogP contribution < -0.4 is 10.9 Å². The summed E-state index contributed by atoms with van der Waals surface area (Å²) in [5, 5.41) is 11.6. The van der Waals surface area contributed by atoms with Crippen LogP contribution in [0.2, 0.25) is 10.0 Å². The molecule has 0 bridgehead atoms. The summed E-state index contributed by atoms with van der Waals surface area (Å²) in [6.45, 7) is 0.283. The number of rotatable bonds is 5. The Bertz CT molecular complexity index is 1280. The highest BCUT2D eigenvalue weighted by Crippen LogP contribution is 2.19. The van der Waals surface area contributed by atoms with Gasteiger partial charge in [-0.25, -0.2) is 4.68 Å². The molecule has 4 rings (SSSR count). The first-order valence-corrected chi connectivity index (χ1v) is 9.69. The third kappa shape index (κ3) is 4.27. The lowest BCUT2D eigenvalue weighted by Crippen LogP contribution is -2.21. The second kappa shape index (κ2) is 8.52. The summed E-state index contributed by atoms with van der Waals surface area (Å²) in [5.74, 6) is -0.462. The summed E-state index contributed by atoms with van der Waals surface area (Å²) >= 11 is 12.3. The van der Waals surface area contributed by atoms with E-state index >= 15 is 0 Å². The zero-order chi connectivity index (χ0) is 21.1. The van der Waals surface area contributed by atoms with Gasteiger partial charge in [-0.1, -0.05) is 58.7 Å². The van der Waals surface area contributed by atoms with Crippen LogP contribution in [0.3, 0.4) is 0 Å². The van der Waals surface area contributed by atoms with E-state index in [1.54, 1.807) is 30.5 Å². The van der Waals surface area contributed by atoms with Crippen molar-refractivity contribution in [1.82, 2.24) is 19.6 Å². The number of aromatic nitrogens is 4. The lowest BCUT2D eigenvalue weighted by atomic mass is 10.2. The smallest absolute Gasteiger partial charge is 0.277 e. The van der Waals surface area contributed by atoms with Crippen LogP contribution in [0.25, 0.3) is 5.69 Å². The van der Waals surface area contributed by atoms with Crippen molar-refractivity contribution in [3.8, 4) is 5.69 Å². The molecule has 9 heteroatoms. The maximum absolute atomic E-state index is 12.6. The number of nitrogens with one attached hydrogen (secondary N) is 1. The Balaban J connectivity index is 1.54. The van der Waals surface area contributed by atoms with Crippen LogP contribution >= 0.6 is 23.2 Å². The molecule has 2 aromatic carbocycles. The molecule has 0 radical (unpaired) electrons. The van der Waals surface area contributed by atoms with Gasteiger partial charge in [0.1, 0.15) is 0 Å².